The Morgan fingerprint density at radius 2 is 2.25 bits per heavy atom. The lowest BCUT2D eigenvalue weighted by Crippen LogP contribution is -2.01. The van der Waals surface area contributed by atoms with Gasteiger partial charge < -0.3 is 5.11 Å². The lowest BCUT2D eigenvalue weighted by Gasteiger charge is -2.08. The highest BCUT2D eigenvalue weighted by Crippen LogP contribution is 2.23. The van der Waals surface area contributed by atoms with E-state index < -0.39 is 5.82 Å². The number of aliphatic hydroxyl groups is 1. The van der Waals surface area contributed by atoms with Gasteiger partial charge in [0.25, 0.3) is 0 Å². The van der Waals surface area contributed by atoms with Crippen LogP contribution < -0.4 is 0 Å². The van der Waals surface area contributed by atoms with E-state index >= 15 is 0 Å². The molecule has 1 aromatic heterocycles. The lowest BCUT2D eigenvalue weighted by atomic mass is 10.3. The molecule has 0 aliphatic heterocycles. The van der Waals surface area contributed by atoms with Crippen molar-refractivity contribution in [2.45, 2.75) is 13.5 Å². The zero-order valence-electron chi connectivity index (χ0n) is 8.61. The van der Waals surface area contributed by atoms with Gasteiger partial charge in [-0.3, -0.25) is 4.57 Å². The summed E-state index contributed by atoms with van der Waals surface area (Å²) < 4.78 is 14.5. The zero-order valence-corrected chi connectivity index (χ0v) is 9.37. The van der Waals surface area contributed by atoms with E-state index in [4.69, 9.17) is 11.6 Å². The van der Waals surface area contributed by atoms with Crippen LogP contribution in [0.2, 0.25) is 5.02 Å². The maximum atomic E-state index is 12.9. The number of nitrogens with zero attached hydrogens (tertiary/aromatic N) is 2. The molecule has 0 spiro atoms. The second-order valence-electron chi connectivity index (χ2n) is 3.40. The minimum atomic E-state index is -0.392. The van der Waals surface area contributed by atoms with Crippen molar-refractivity contribution >= 4 is 11.6 Å². The first-order chi connectivity index (χ1) is 7.63. The molecule has 0 saturated carbocycles. The summed E-state index contributed by atoms with van der Waals surface area (Å²) in [6, 6.07) is 4.10. The summed E-state index contributed by atoms with van der Waals surface area (Å²) in [6.45, 7) is 1.65. The molecular weight excluding hydrogens is 231 g/mol. The van der Waals surface area contributed by atoms with Crippen molar-refractivity contribution in [3.05, 3.63) is 46.8 Å². The highest BCUT2D eigenvalue weighted by atomic mass is 35.5. The standard InChI is InChI=1S/C11H10ClFN2O/c1-7-11(5-16)15(6-14-7)10-3-2-8(13)4-9(10)12/h2-4,6,16H,5H2,1H3. The summed E-state index contributed by atoms with van der Waals surface area (Å²) in [5.74, 6) is -0.392. The molecule has 1 N–H and O–H groups in total. The quantitative estimate of drug-likeness (QED) is 0.876. The molecule has 0 aliphatic rings. The van der Waals surface area contributed by atoms with E-state index in [-0.39, 0.29) is 11.6 Å². The molecule has 0 aliphatic carbocycles. The second kappa shape index (κ2) is 4.23. The summed E-state index contributed by atoms with van der Waals surface area (Å²) in [6.07, 6.45) is 1.56. The fourth-order valence-electron chi connectivity index (χ4n) is 1.54. The van der Waals surface area contributed by atoms with Crippen molar-refractivity contribution < 1.29 is 9.50 Å². The summed E-state index contributed by atoms with van der Waals surface area (Å²) in [4.78, 5) is 4.08. The van der Waals surface area contributed by atoms with Crippen LogP contribution in [-0.4, -0.2) is 14.7 Å². The molecule has 0 atom stereocenters. The Morgan fingerprint density at radius 3 is 2.88 bits per heavy atom. The SMILES string of the molecule is Cc1ncn(-c2ccc(F)cc2Cl)c1CO. The fraction of sp³-hybridized carbons (Fsp3) is 0.182. The molecule has 16 heavy (non-hydrogen) atoms. The molecule has 0 fully saturated rings. The first-order valence-corrected chi connectivity index (χ1v) is 5.10. The third kappa shape index (κ3) is 1.81. The Bertz CT molecular complexity index is 525. The molecule has 84 valence electrons. The maximum absolute atomic E-state index is 12.9. The van der Waals surface area contributed by atoms with Crippen LogP contribution in [0.4, 0.5) is 4.39 Å². The molecule has 3 nitrogen and oxygen atoms in total. The van der Waals surface area contributed by atoms with Gasteiger partial charge in [0, 0.05) is 0 Å². The number of hydrogen-bond acceptors (Lipinski definition) is 2. The van der Waals surface area contributed by atoms with Crippen molar-refractivity contribution in [1.29, 1.82) is 0 Å². The van der Waals surface area contributed by atoms with Gasteiger partial charge in [-0.2, -0.15) is 0 Å². The van der Waals surface area contributed by atoms with Gasteiger partial charge in [0.05, 0.1) is 35.0 Å². The van der Waals surface area contributed by atoms with E-state index in [2.05, 4.69) is 4.98 Å². The Morgan fingerprint density at radius 1 is 1.50 bits per heavy atom. The van der Waals surface area contributed by atoms with Gasteiger partial charge in [-0.25, -0.2) is 9.37 Å². The van der Waals surface area contributed by atoms with Crippen LogP contribution in [-0.2, 0) is 6.61 Å². The van der Waals surface area contributed by atoms with E-state index in [1.165, 1.54) is 12.1 Å². The number of aromatic nitrogens is 2. The Balaban J connectivity index is 2.58. The van der Waals surface area contributed by atoms with Crippen molar-refractivity contribution in [2.75, 3.05) is 0 Å². The molecule has 0 bridgehead atoms. The number of aryl methyl sites for hydroxylation is 1. The second-order valence-corrected chi connectivity index (χ2v) is 3.81. The van der Waals surface area contributed by atoms with Crippen LogP contribution in [0, 0.1) is 12.7 Å². The average Bonchev–Trinajstić information content (AvgIpc) is 2.59. The highest BCUT2D eigenvalue weighted by Gasteiger charge is 2.10. The largest absolute Gasteiger partial charge is 0.390 e. The zero-order chi connectivity index (χ0) is 11.7. The minimum absolute atomic E-state index is 0.139. The molecule has 0 saturated heterocycles. The number of rotatable bonds is 2. The number of imidazole rings is 1. The average molecular weight is 241 g/mol. The topological polar surface area (TPSA) is 38.0 Å². The van der Waals surface area contributed by atoms with Crippen LogP contribution in [0.15, 0.2) is 24.5 Å². The molecule has 2 rings (SSSR count). The monoisotopic (exact) mass is 240 g/mol. The van der Waals surface area contributed by atoms with Gasteiger partial charge >= 0.3 is 0 Å². The third-order valence-corrected chi connectivity index (χ3v) is 2.70. The van der Waals surface area contributed by atoms with Gasteiger partial charge in [0.15, 0.2) is 0 Å². The summed E-state index contributed by atoms with van der Waals surface area (Å²) in [5, 5.41) is 9.50. The van der Waals surface area contributed by atoms with Gasteiger partial charge in [-0.05, 0) is 25.1 Å². The minimum Gasteiger partial charge on any atom is -0.390 e. The van der Waals surface area contributed by atoms with Crippen molar-refractivity contribution in [1.82, 2.24) is 9.55 Å². The van der Waals surface area contributed by atoms with Crippen LogP contribution in [0.3, 0.4) is 0 Å². The summed E-state index contributed by atoms with van der Waals surface area (Å²) in [7, 11) is 0. The molecule has 1 aromatic carbocycles. The normalized spacial score (nSPS) is 10.8. The Hall–Kier alpha value is -1.39. The number of benzene rings is 1. The van der Waals surface area contributed by atoms with E-state index in [9.17, 15) is 9.50 Å². The van der Waals surface area contributed by atoms with E-state index in [1.54, 1.807) is 23.9 Å². The van der Waals surface area contributed by atoms with E-state index in [0.717, 1.165) is 5.69 Å². The molecule has 0 amide bonds. The van der Waals surface area contributed by atoms with Crippen LogP contribution in [0.5, 0.6) is 0 Å². The van der Waals surface area contributed by atoms with Crippen molar-refractivity contribution in [2.24, 2.45) is 0 Å². The van der Waals surface area contributed by atoms with Gasteiger partial charge in [-0.15, -0.1) is 0 Å². The number of hydrogen-bond donors (Lipinski definition) is 1. The van der Waals surface area contributed by atoms with Gasteiger partial charge in [0.2, 0.25) is 0 Å². The lowest BCUT2D eigenvalue weighted by molar-refractivity contribution is 0.274. The predicted molar refractivity (Wildman–Crippen MR) is 59.2 cm³/mol. The first kappa shape index (κ1) is 11.1. The molecular formula is C11H10ClFN2O. The smallest absolute Gasteiger partial charge is 0.124 e. The molecule has 2 aromatic rings. The molecule has 0 unspecified atom stereocenters. The van der Waals surface area contributed by atoms with Crippen molar-refractivity contribution in [3.63, 3.8) is 0 Å². The molecule has 1 heterocycles. The number of halogens is 2. The van der Waals surface area contributed by atoms with Crippen LogP contribution in [0.25, 0.3) is 5.69 Å². The van der Waals surface area contributed by atoms with Gasteiger partial charge in [-0.1, -0.05) is 11.6 Å². The first-order valence-electron chi connectivity index (χ1n) is 4.72. The van der Waals surface area contributed by atoms with Gasteiger partial charge in [0.1, 0.15) is 5.82 Å². The van der Waals surface area contributed by atoms with Crippen LogP contribution in [0.1, 0.15) is 11.4 Å². The van der Waals surface area contributed by atoms with E-state index in [0.29, 0.717) is 11.4 Å². The summed E-state index contributed by atoms with van der Waals surface area (Å²) >= 11 is 5.93. The van der Waals surface area contributed by atoms with Crippen LogP contribution >= 0.6 is 11.6 Å². The fourth-order valence-corrected chi connectivity index (χ4v) is 1.80. The number of aliphatic hydroxyl groups excluding tert-OH is 1. The highest BCUT2D eigenvalue weighted by molar-refractivity contribution is 6.32. The summed E-state index contributed by atoms with van der Waals surface area (Å²) in [5.41, 5.74) is 1.98. The van der Waals surface area contributed by atoms with E-state index in [1.807, 2.05) is 0 Å². The molecule has 5 heteroatoms. The predicted octanol–water partition coefficient (Wildman–Crippen LogP) is 2.47. The third-order valence-electron chi connectivity index (χ3n) is 2.39. The molecule has 0 radical (unpaired) electrons. The van der Waals surface area contributed by atoms with Crippen molar-refractivity contribution in [3.8, 4) is 5.69 Å². The maximum Gasteiger partial charge on any atom is 0.124 e. The Kier molecular flexibility index (Phi) is 2.94. The Labute approximate surface area is 97.1 Å².